The molecule has 1 heterocycles. The molecule has 0 aliphatic heterocycles. The fourth-order valence-corrected chi connectivity index (χ4v) is 2.41. The molecule has 0 saturated carbocycles. The van der Waals surface area contributed by atoms with Crippen LogP contribution in [0.5, 0.6) is 5.75 Å². The molecule has 2 rings (SSSR count). The standard InChI is InChI=1S/C11H13NOS.ClH/c1-13-10-6-9-3-5-14-11(9)7-8(10)2-4-12;/h3,5-7H,2,4,12H2,1H3;1H. The van der Waals surface area contributed by atoms with Gasteiger partial charge in [0.1, 0.15) is 5.75 Å². The minimum atomic E-state index is 0. The van der Waals surface area contributed by atoms with Crippen LogP contribution in [0.2, 0.25) is 0 Å². The molecule has 2 aromatic rings. The minimum Gasteiger partial charge on any atom is -0.496 e. The molecule has 4 heteroatoms. The van der Waals surface area contributed by atoms with Crippen molar-refractivity contribution in [1.82, 2.24) is 0 Å². The Kier molecular flexibility index (Phi) is 4.39. The Bertz CT molecular complexity index is 441. The molecular formula is C11H14ClNOS. The molecular weight excluding hydrogens is 230 g/mol. The molecule has 0 radical (unpaired) electrons. The van der Waals surface area contributed by atoms with Crippen molar-refractivity contribution >= 4 is 33.8 Å². The Morgan fingerprint density at radius 3 is 2.87 bits per heavy atom. The van der Waals surface area contributed by atoms with Crippen LogP contribution in [0.15, 0.2) is 23.6 Å². The van der Waals surface area contributed by atoms with Crippen molar-refractivity contribution in [2.75, 3.05) is 13.7 Å². The van der Waals surface area contributed by atoms with Gasteiger partial charge in [-0.05, 0) is 47.5 Å². The number of rotatable bonds is 3. The summed E-state index contributed by atoms with van der Waals surface area (Å²) in [6.45, 7) is 0.660. The first-order valence-electron chi connectivity index (χ1n) is 4.59. The number of hydrogen-bond acceptors (Lipinski definition) is 3. The SMILES string of the molecule is COc1cc2ccsc2cc1CCN.Cl. The third kappa shape index (κ3) is 2.43. The number of thiophene rings is 1. The van der Waals surface area contributed by atoms with E-state index >= 15 is 0 Å². The predicted octanol–water partition coefficient (Wildman–Crippen LogP) is 2.83. The van der Waals surface area contributed by atoms with Gasteiger partial charge in [-0.25, -0.2) is 0 Å². The summed E-state index contributed by atoms with van der Waals surface area (Å²) >= 11 is 1.75. The van der Waals surface area contributed by atoms with Gasteiger partial charge < -0.3 is 10.5 Å². The fraction of sp³-hybridized carbons (Fsp3) is 0.273. The van der Waals surface area contributed by atoms with E-state index in [4.69, 9.17) is 10.5 Å². The molecule has 2 nitrogen and oxygen atoms in total. The lowest BCUT2D eigenvalue weighted by atomic mass is 10.1. The Balaban J connectivity index is 0.00000112. The van der Waals surface area contributed by atoms with Gasteiger partial charge in [-0.3, -0.25) is 0 Å². The van der Waals surface area contributed by atoms with E-state index in [-0.39, 0.29) is 12.4 Å². The Morgan fingerprint density at radius 1 is 1.40 bits per heavy atom. The average molecular weight is 244 g/mol. The van der Waals surface area contributed by atoms with Gasteiger partial charge in [0.2, 0.25) is 0 Å². The van der Waals surface area contributed by atoms with Gasteiger partial charge >= 0.3 is 0 Å². The van der Waals surface area contributed by atoms with E-state index in [0.717, 1.165) is 12.2 Å². The van der Waals surface area contributed by atoms with Crippen LogP contribution in [0, 0.1) is 0 Å². The average Bonchev–Trinajstić information content (AvgIpc) is 2.64. The van der Waals surface area contributed by atoms with E-state index in [1.54, 1.807) is 18.4 Å². The predicted molar refractivity (Wildman–Crippen MR) is 68.4 cm³/mol. The van der Waals surface area contributed by atoms with Crippen molar-refractivity contribution in [2.45, 2.75) is 6.42 Å². The summed E-state index contributed by atoms with van der Waals surface area (Å²) in [6, 6.07) is 6.36. The van der Waals surface area contributed by atoms with Crippen LogP contribution in [0.3, 0.4) is 0 Å². The number of nitrogens with two attached hydrogens (primary N) is 1. The Morgan fingerprint density at radius 2 is 2.20 bits per heavy atom. The highest BCUT2D eigenvalue weighted by Gasteiger charge is 2.05. The van der Waals surface area contributed by atoms with E-state index in [9.17, 15) is 0 Å². The van der Waals surface area contributed by atoms with Crippen LogP contribution in [0.4, 0.5) is 0 Å². The molecule has 0 amide bonds. The van der Waals surface area contributed by atoms with Crippen LogP contribution in [-0.2, 0) is 6.42 Å². The number of methoxy groups -OCH3 is 1. The lowest BCUT2D eigenvalue weighted by Gasteiger charge is -2.07. The highest BCUT2D eigenvalue weighted by molar-refractivity contribution is 7.17. The van der Waals surface area contributed by atoms with Crippen LogP contribution in [0.25, 0.3) is 10.1 Å². The maximum absolute atomic E-state index is 5.55. The number of fused-ring (bicyclic) bond motifs is 1. The Labute approximate surface area is 99.5 Å². The van der Waals surface area contributed by atoms with Crippen molar-refractivity contribution in [3.05, 3.63) is 29.1 Å². The summed E-state index contributed by atoms with van der Waals surface area (Å²) in [4.78, 5) is 0. The molecule has 15 heavy (non-hydrogen) atoms. The molecule has 0 aliphatic rings. The third-order valence-corrected chi connectivity index (χ3v) is 3.15. The molecule has 0 aliphatic carbocycles. The molecule has 0 atom stereocenters. The van der Waals surface area contributed by atoms with Gasteiger partial charge in [-0.2, -0.15) is 0 Å². The van der Waals surface area contributed by atoms with E-state index in [1.165, 1.54) is 15.6 Å². The van der Waals surface area contributed by atoms with Crippen LogP contribution >= 0.6 is 23.7 Å². The smallest absolute Gasteiger partial charge is 0.122 e. The maximum Gasteiger partial charge on any atom is 0.122 e. The molecule has 0 bridgehead atoms. The summed E-state index contributed by atoms with van der Waals surface area (Å²) in [5, 5.41) is 3.34. The second-order valence-electron chi connectivity index (χ2n) is 3.16. The van der Waals surface area contributed by atoms with Crippen LogP contribution in [0.1, 0.15) is 5.56 Å². The zero-order chi connectivity index (χ0) is 9.97. The van der Waals surface area contributed by atoms with Crippen LogP contribution in [-0.4, -0.2) is 13.7 Å². The molecule has 0 fully saturated rings. The summed E-state index contributed by atoms with van der Waals surface area (Å²) < 4.78 is 6.62. The largest absolute Gasteiger partial charge is 0.496 e. The summed E-state index contributed by atoms with van der Waals surface area (Å²) in [5.74, 6) is 0.946. The van der Waals surface area contributed by atoms with Gasteiger partial charge in [0.15, 0.2) is 0 Å². The Hall–Kier alpha value is -0.770. The maximum atomic E-state index is 5.55. The monoisotopic (exact) mass is 243 g/mol. The second-order valence-corrected chi connectivity index (χ2v) is 4.11. The fourth-order valence-electron chi connectivity index (χ4n) is 1.57. The molecule has 0 spiro atoms. The van der Waals surface area contributed by atoms with Crippen molar-refractivity contribution in [1.29, 1.82) is 0 Å². The van der Waals surface area contributed by atoms with Crippen LogP contribution < -0.4 is 10.5 Å². The van der Waals surface area contributed by atoms with Crippen molar-refractivity contribution in [3.63, 3.8) is 0 Å². The molecule has 2 N–H and O–H groups in total. The first-order valence-corrected chi connectivity index (χ1v) is 5.47. The first kappa shape index (κ1) is 12.3. The lowest BCUT2D eigenvalue weighted by Crippen LogP contribution is -2.04. The van der Waals surface area contributed by atoms with Gasteiger partial charge in [0.25, 0.3) is 0 Å². The zero-order valence-electron chi connectivity index (χ0n) is 8.53. The van der Waals surface area contributed by atoms with Gasteiger partial charge in [-0.1, -0.05) is 0 Å². The molecule has 0 saturated heterocycles. The molecule has 1 aromatic carbocycles. The summed E-state index contributed by atoms with van der Waals surface area (Å²) in [6.07, 6.45) is 0.872. The second kappa shape index (κ2) is 5.35. The zero-order valence-corrected chi connectivity index (χ0v) is 10.2. The normalized spacial score (nSPS) is 10.0. The number of benzene rings is 1. The summed E-state index contributed by atoms with van der Waals surface area (Å²) in [7, 11) is 1.70. The van der Waals surface area contributed by atoms with Gasteiger partial charge in [0, 0.05) is 4.70 Å². The van der Waals surface area contributed by atoms with E-state index < -0.39 is 0 Å². The first-order chi connectivity index (χ1) is 6.85. The van der Waals surface area contributed by atoms with E-state index in [1.807, 2.05) is 0 Å². The third-order valence-electron chi connectivity index (χ3n) is 2.27. The molecule has 82 valence electrons. The molecule has 0 unspecified atom stereocenters. The summed E-state index contributed by atoms with van der Waals surface area (Å²) in [5.41, 5.74) is 6.75. The lowest BCUT2D eigenvalue weighted by molar-refractivity contribution is 0.410. The van der Waals surface area contributed by atoms with Crippen molar-refractivity contribution in [2.24, 2.45) is 5.73 Å². The minimum absolute atomic E-state index is 0. The topological polar surface area (TPSA) is 35.2 Å². The number of hydrogen-bond donors (Lipinski definition) is 1. The van der Waals surface area contributed by atoms with Crippen molar-refractivity contribution in [3.8, 4) is 5.75 Å². The quantitative estimate of drug-likeness (QED) is 0.900. The van der Waals surface area contributed by atoms with Gasteiger partial charge in [-0.15, -0.1) is 23.7 Å². The number of ether oxygens (including phenoxy) is 1. The number of halogens is 1. The van der Waals surface area contributed by atoms with Crippen molar-refractivity contribution < 1.29 is 4.74 Å². The van der Waals surface area contributed by atoms with E-state index in [0.29, 0.717) is 6.54 Å². The van der Waals surface area contributed by atoms with Gasteiger partial charge in [0.05, 0.1) is 7.11 Å². The molecule has 1 aromatic heterocycles. The highest BCUT2D eigenvalue weighted by Crippen LogP contribution is 2.29. The highest BCUT2D eigenvalue weighted by atomic mass is 35.5. The van der Waals surface area contributed by atoms with E-state index in [2.05, 4.69) is 23.6 Å².